The van der Waals surface area contributed by atoms with Crippen LogP contribution in [0.4, 0.5) is 17.2 Å². The molecular weight excluding hydrogens is 352 g/mol. The monoisotopic (exact) mass is 368 g/mol. The van der Waals surface area contributed by atoms with E-state index in [0.29, 0.717) is 23.1 Å². The molecule has 0 fully saturated rings. The Morgan fingerprint density at radius 3 is 2.42 bits per heavy atom. The molecule has 3 aromatic rings. The molecule has 1 aromatic heterocycles. The molecule has 6 nitrogen and oxygen atoms in total. The highest BCUT2D eigenvalue weighted by atomic mass is 35.5. The average Bonchev–Trinajstić information content (AvgIpc) is 2.66. The lowest BCUT2D eigenvalue weighted by Crippen LogP contribution is -2.14. The van der Waals surface area contributed by atoms with E-state index in [1.54, 1.807) is 36.4 Å². The summed E-state index contributed by atoms with van der Waals surface area (Å²) in [5.41, 5.74) is 1.49. The second kappa shape index (κ2) is 8.31. The van der Waals surface area contributed by atoms with Crippen LogP contribution in [-0.4, -0.2) is 22.7 Å². The maximum atomic E-state index is 12.3. The van der Waals surface area contributed by atoms with Crippen LogP contribution in [0.3, 0.4) is 0 Å². The lowest BCUT2D eigenvalue weighted by atomic mass is 10.3. The van der Waals surface area contributed by atoms with Crippen LogP contribution >= 0.6 is 11.6 Å². The molecule has 0 atom stereocenters. The van der Waals surface area contributed by atoms with E-state index in [2.05, 4.69) is 20.8 Å². The SMILES string of the molecule is CCOc1ccccc1Nc1ccc(C(=O)Nc2ccccc2Cl)nn1. The van der Waals surface area contributed by atoms with Gasteiger partial charge in [0.15, 0.2) is 11.5 Å². The van der Waals surface area contributed by atoms with E-state index < -0.39 is 0 Å². The Hall–Kier alpha value is -3.12. The molecule has 0 bridgehead atoms. The average molecular weight is 369 g/mol. The van der Waals surface area contributed by atoms with Crippen molar-refractivity contribution in [2.45, 2.75) is 6.92 Å². The number of rotatable bonds is 6. The van der Waals surface area contributed by atoms with Gasteiger partial charge < -0.3 is 15.4 Å². The second-order valence-corrected chi connectivity index (χ2v) is 5.70. The molecule has 1 amide bonds. The Balaban J connectivity index is 1.71. The van der Waals surface area contributed by atoms with Crippen molar-refractivity contribution in [2.75, 3.05) is 17.2 Å². The quantitative estimate of drug-likeness (QED) is 0.668. The Morgan fingerprint density at radius 1 is 1.00 bits per heavy atom. The van der Waals surface area contributed by atoms with Gasteiger partial charge in [0.1, 0.15) is 5.75 Å². The zero-order chi connectivity index (χ0) is 18.4. The molecule has 0 unspecified atom stereocenters. The molecule has 0 aliphatic carbocycles. The summed E-state index contributed by atoms with van der Waals surface area (Å²) in [6.45, 7) is 2.48. The molecule has 26 heavy (non-hydrogen) atoms. The Bertz CT molecular complexity index is 900. The Kier molecular flexibility index (Phi) is 5.66. The zero-order valence-corrected chi connectivity index (χ0v) is 14.8. The van der Waals surface area contributed by atoms with Crippen molar-refractivity contribution in [1.29, 1.82) is 0 Å². The van der Waals surface area contributed by atoms with Gasteiger partial charge in [-0.2, -0.15) is 0 Å². The fourth-order valence-corrected chi connectivity index (χ4v) is 2.44. The number of para-hydroxylation sites is 3. The summed E-state index contributed by atoms with van der Waals surface area (Å²) >= 11 is 6.04. The number of halogens is 1. The molecular formula is C19H17ClN4O2. The molecule has 0 saturated heterocycles. The highest BCUT2D eigenvalue weighted by Gasteiger charge is 2.11. The van der Waals surface area contributed by atoms with Gasteiger partial charge in [0.25, 0.3) is 5.91 Å². The van der Waals surface area contributed by atoms with Crippen molar-refractivity contribution in [1.82, 2.24) is 10.2 Å². The molecule has 0 spiro atoms. The largest absolute Gasteiger partial charge is 0.492 e. The van der Waals surface area contributed by atoms with E-state index in [4.69, 9.17) is 16.3 Å². The molecule has 2 aromatic carbocycles. The van der Waals surface area contributed by atoms with Gasteiger partial charge in [-0.05, 0) is 43.3 Å². The number of nitrogens with one attached hydrogen (secondary N) is 2. The third-order valence-electron chi connectivity index (χ3n) is 3.47. The Morgan fingerprint density at radius 2 is 1.73 bits per heavy atom. The van der Waals surface area contributed by atoms with Crippen molar-refractivity contribution in [3.05, 3.63) is 71.4 Å². The van der Waals surface area contributed by atoms with E-state index in [9.17, 15) is 4.79 Å². The minimum atomic E-state index is -0.383. The molecule has 132 valence electrons. The number of nitrogens with zero attached hydrogens (tertiary/aromatic N) is 2. The molecule has 0 saturated carbocycles. The van der Waals surface area contributed by atoms with Gasteiger partial charge in [0.2, 0.25) is 0 Å². The predicted molar refractivity (Wildman–Crippen MR) is 102 cm³/mol. The van der Waals surface area contributed by atoms with E-state index in [-0.39, 0.29) is 11.6 Å². The smallest absolute Gasteiger partial charge is 0.276 e. The number of hydrogen-bond donors (Lipinski definition) is 2. The minimum Gasteiger partial charge on any atom is -0.492 e. The first-order valence-corrected chi connectivity index (χ1v) is 8.43. The fourth-order valence-electron chi connectivity index (χ4n) is 2.26. The van der Waals surface area contributed by atoms with E-state index in [1.165, 1.54) is 0 Å². The topological polar surface area (TPSA) is 76.1 Å². The third-order valence-corrected chi connectivity index (χ3v) is 3.80. The summed E-state index contributed by atoms with van der Waals surface area (Å²) in [5, 5.41) is 14.3. The minimum absolute atomic E-state index is 0.188. The van der Waals surface area contributed by atoms with E-state index in [0.717, 1.165) is 11.4 Å². The second-order valence-electron chi connectivity index (χ2n) is 5.29. The number of benzene rings is 2. The first-order chi connectivity index (χ1) is 12.7. The predicted octanol–water partition coefficient (Wildman–Crippen LogP) is 4.52. The maximum Gasteiger partial charge on any atom is 0.276 e. The number of aromatic nitrogens is 2. The van der Waals surface area contributed by atoms with Crippen LogP contribution in [0.15, 0.2) is 60.7 Å². The lowest BCUT2D eigenvalue weighted by molar-refractivity contribution is 0.102. The van der Waals surface area contributed by atoms with E-state index in [1.807, 2.05) is 31.2 Å². The van der Waals surface area contributed by atoms with Crippen LogP contribution in [0.25, 0.3) is 0 Å². The first kappa shape index (κ1) is 17.7. The van der Waals surface area contributed by atoms with Gasteiger partial charge in [-0.3, -0.25) is 4.79 Å². The fraction of sp³-hybridized carbons (Fsp3) is 0.105. The number of hydrogen-bond acceptors (Lipinski definition) is 5. The number of amides is 1. The van der Waals surface area contributed by atoms with Crippen molar-refractivity contribution in [3.63, 3.8) is 0 Å². The van der Waals surface area contributed by atoms with Crippen LogP contribution in [0, 0.1) is 0 Å². The summed E-state index contributed by atoms with van der Waals surface area (Å²) in [4.78, 5) is 12.3. The summed E-state index contributed by atoms with van der Waals surface area (Å²) in [6, 6.07) is 17.8. The first-order valence-electron chi connectivity index (χ1n) is 8.06. The summed E-state index contributed by atoms with van der Waals surface area (Å²) in [5.74, 6) is 0.843. The molecule has 0 aliphatic heterocycles. The van der Waals surface area contributed by atoms with Crippen LogP contribution < -0.4 is 15.4 Å². The number of anilines is 3. The van der Waals surface area contributed by atoms with Gasteiger partial charge >= 0.3 is 0 Å². The summed E-state index contributed by atoms with van der Waals surface area (Å²) in [7, 11) is 0. The molecule has 3 rings (SSSR count). The van der Waals surface area contributed by atoms with Gasteiger partial charge in [-0.15, -0.1) is 10.2 Å². The van der Waals surface area contributed by atoms with Crippen molar-refractivity contribution in [3.8, 4) is 5.75 Å². The lowest BCUT2D eigenvalue weighted by Gasteiger charge is -2.11. The van der Waals surface area contributed by atoms with Gasteiger partial charge in [0.05, 0.1) is 23.0 Å². The van der Waals surface area contributed by atoms with Crippen molar-refractivity contribution in [2.24, 2.45) is 0 Å². The molecule has 7 heteroatoms. The van der Waals surface area contributed by atoms with Gasteiger partial charge in [-0.25, -0.2) is 0 Å². The van der Waals surface area contributed by atoms with E-state index >= 15 is 0 Å². The highest BCUT2D eigenvalue weighted by Crippen LogP contribution is 2.26. The normalized spacial score (nSPS) is 10.2. The zero-order valence-electron chi connectivity index (χ0n) is 14.1. The number of carbonyl (C=O) groups excluding carboxylic acids is 1. The summed E-state index contributed by atoms with van der Waals surface area (Å²) in [6.07, 6.45) is 0. The standard InChI is InChI=1S/C19H17ClN4O2/c1-2-26-17-10-6-5-9-15(17)21-18-12-11-16(23-24-18)19(25)22-14-8-4-3-7-13(14)20/h3-12H,2H2,1H3,(H,21,24)(H,22,25). The van der Waals surface area contributed by atoms with Crippen LogP contribution in [0.2, 0.25) is 5.02 Å². The molecule has 1 heterocycles. The van der Waals surface area contributed by atoms with Crippen LogP contribution in [-0.2, 0) is 0 Å². The number of carbonyl (C=O) groups is 1. The Labute approximate surface area is 156 Å². The molecule has 0 aliphatic rings. The third kappa shape index (κ3) is 4.29. The van der Waals surface area contributed by atoms with Gasteiger partial charge in [0, 0.05) is 0 Å². The van der Waals surface area contributed by atoms with Crippen molar-refractivity contribution >= 4 is 34.7 Å². The highest BCUT2D eigenvalue weighted by molar-refractivity contribution is 6.33. The summed E-state index contributed by atoms with van der Waals surface area (Å²) < 4.78 is 5.56. The van der Waals surface area contributed by atoms with Crippen LogP contribution in [0.1, 0.15) is 17.4 Å². The number of ether oxygens (including phenoxy) is 1. The van der Waals surface area contributed by atoms with Crippen LogP contribution in [0.5, 0.6) is 5.75 Å². The maximum absolute atomic E-state index is 12.3. The molecule has 0 radical (unpaired) electrons. The van der Waals surface area contributed by atoms with Crippen molar-refractivity contribution < 1.29 is 9.53 Å². The van der Waals surface area contributed by atoms with Gasteiger partial charge in [-0.1, -0.05) is 35.9 Å². The molecule has 2 N–H and O–H groups in total.